The Morgan fingerprint density at radius 3 is 2.15 bits per heavy atom. The summed E-state index contributed by atoms with van der Waals surface area (Å²) >= 11 is 0. The Kier molecular flexibility index (Phi) is 12.5. The second kappa shape index (κ2) is 13.4. The molecular weight excluding hydrogens is 350 g/mol. The Morgan fingerprint density at radius 2 is 1.67 bits per heavy atom. The summed E-state index contributed by atoms with van der Waals surface area (Å²) in [6.45, 7) is 11.4. The molecule has 0 aliphatic carbocycles. The number of amides is 1. The van der Waals surface area contributed by atoms with Crippen LogP contribution in [0, 0.1) is 23.7 Å². The second-order valence-electron chi connectivity index (χ2n) is 7.94. The Hall–Kier alpha value is -1.79. The maximum atomic E-state index is 12.1. The second-order valence-corrected chi connectivity index (χ2v) is 7.94. The molecule has 0 heterocycles. The number of ether oxygens (including phenoxy) is 2. The molecule has 0 saturated carbocycles. The lowest BCUT2D eigenvalue weighted by atomic mass is 9.90. The maximum absolute atomic E-state index is 12.1. The first kappa shape index (κ1) is 25.2. The summed E-state index contributed by atoms with van der Waals surface area (Å²) < 4.78 is 10.4. The largest absolute Gasteiger partial charge is 0.481 e. The molecule has 158 valence electrons. The van der Waals surface area contributed by atoms with E-state index >= 15 is 0 Å². The Morgan fingerprint density at radius 1 is 1.04 bits per heavy atom. The highest BCUT2D eigenvalue weighted by atomic mass is 16.7. The number of nitrogens with one attached hydrogen (secondary N) is 1. The molecule has 2 N–H and O–H groups in total. The van der Waals surface area contributed by atoms with Crippen molar-refractivity contribution in [3.05, 3.63) is 0 Å². The van der Waals surface area contributed by atoms with Crippen LogP contribution in [0.25, 0.3) is 0 Å². The Bertz CT molecular complexity index is 463. The van der Waals surface area contributed by atoms with E-state index in [0.717, 1.165) is 25.7 Å². The number of carboxylic acid groups (broad SMARTS) is 1. The van der Waals surface area contributed by atoms with Gasteiger partial charge >= 0.3 is 18.0 Å². The van der Waals surface area contributed by atoms with E-state index in [0.29, 0.717) is 5.92 Å². The first-order chi connectivity index (χ1) is 12.6. The van der Waals surface area contributed by atoms with Crippen molar-refractivity contribution in [2.24, 2.45) is 23.7 Å². The number of aliphatic carboxylic acids is 1. The fourth-order valence-corrected chi connectivity index (χ4v) is 2.65. The molecule has 0 bridgehead atoms. The fourth-order valence-electron chi connectivity index (χ4n) is 2.65. The molecule has 3 atom stereocenters. The van der Waals surface area contributed by atoms with Gasteiger partial charge in [-0.1, -0.05) is 60.8 Å². The summed E-state index contributed by atoms with van der Waals surface area (Å²) in [6, 6.07) is 0. The first-order valence-corrected chi connectivity index (χ1v) is 9.93. The molecule has 1 amide bonds. The summed E-state index contributed by atoms with van der Waals surface area (Å²) in [6.07, 6.45) is 2.29. The topological polar surface area (TPSA) is 102 Å². The zero-order valence-electron chi connectivity index (χ0n) is 17.6. The van der Waals surface area contributed by atoms with Gasteiger partial charge < -0.3 is 19.9 Å². The average Bonchev–Trinajstić information content (AvgIpc) is 2.56. The third-order valence-corrected chi connectivity index (χ3v) is 4.26. The first-order valence-electron chi connectivity index (χ1n) is 9.93. The van der Waals surface area contributed by atoms with E-state index in [1.165, 1.54) is 0 Å². The Balaban J connectivity index is 4.62. The van der Waals surface area contributed by atoms with Crippen molar-refractivity contribution in [3.8, 4) is 0 Å². The van der Waals surface area contributed by atoms with Gasteiger partial charge in [0.1, 0.15) is 0 Å². The van der Waals surface area contributed by atoms with Crippen molar-refractivity contribution in [2.75, 3.05) is 6.54 Å². The summed E-state index contributed by atoms with van der Waals surface area (Å²) in [4.78, 5) is 34.9. The van der Waals surface area contributed by atoms with Crippen molar-refractivity contribution >= 4 is 18.0 Å². The van der Waals surface area contributed by atoms with Gasteiger partial charge in [0.05, 0.1) is 5.92 Å². The molecule has 0 aromatic carbocycles. The maximum Gasteiger partial charge on any atom is 0.410 e. The SMILES string of the molecule is CCCC[C@@H](C)C[C@H](CNC(=O)O[C@@H](OC(=O)C(C)C)C(C)C)CC(=O)O. The summed E-state index contributed by atoms with van der Waals surface area (Å²) in [7, 11) is 0. The van der Waals surface area contributed by atoms with E-state index in [-0.39, 0.29) is 30.7 Å². The highest BCUT2D eigenvalue weighted by Crippen LogP contribution is 2.20. The molecule has 7 nitrogen and oxygen atoms in total. The van der Waals surface area contributed by atoms with Gasteiger partial charge in [-0.2, -0.15) is 0 Å². The number of carbonyl (C=O) groups is 3. The molecule has 0 rings (SSSR count). The molecule has 0 saturated heterocycles. The molecule has 0 unspecified atom stereocenters. The van der Waals surface area contributed by atoms with Gasteiger partial charge in [-0.05, 0) is 18.3 Å². The highest BCUT2D eigenvalue weighted by Gasteiger charge is 2.25. The van der Waals surface area contributed by atoms with Crippen molar-refractivity contribution in [1.82, 2.24) is 5.32 Å². The number of hydrogen-bond acceptors (Lipinski definition) is 5. The van der Waals surface area contributed by atoms with E-state index in [9.17, 15) is 14.4 Å². The number of hydrogen-bond donors (Lipinski definition) is 2. The van der Waals surface area contributed by atoms with Crippen molar-refractivity contribution < 1.29 is 29.0 Å². The average molecular weight is 388 g/mol. The lowest BCUT2D eigenvalue weighted by molar-refractivity contribution is -0.178. The van der Waals surface area contributed by atoms with Crippen molar-refractivity contribution in [3.63, 3.8) is 0 Å². The van der Waals surface area contributed by atoms with E-state index in [1.807, 2.05) is 0 Å². The van der Waals surface area contributed by atoms with Crippen LogP contribution in [-0.2, 0) is 19.1 Å². The van der Waals surface area contributed by atoms with E-state index in [1.54, 1.807) is 27.7 Å². The predicted molar refractivity (Wildman–Crippen MR) is 103 cm³/mol. The van der Waals surface area contributed by atoms with Gasteiger partial charge in [-0.25, -0.2) is 4.79 Å². The number of alkyl carbamates (subject to hydrolysis) is 1. The number of esters is 1. The van der Waals surface area contributed by atoms with Crippen LogP contribution < -0.4 is 5.32 Å². The summed E-state index contributed by atoms with van der Waals surface area (Å²) in [5.74, 6) is -1.61. The van der Waals surface area contributed by atoms with Gasteiger partial charge in [0, 0.05) is 18.9 Å². The Labute approximate surface area is 163 Å². The van der Waals surface area contributed by atoms with E-state index in [2.05, 4.69) is 19.2 Å². The summed E-state index contributed by atoms with van der Waals surface area (Å²) in [5.41, 5.74) is 0. The summed E-state index contributed by atoms with van der Waals surface area (Å²) in [5, 5.41) is 11.7. The number of rotatable bonds is 13. The van der Waals surface area contributed by atoms with Crippen LogP contribution in [0.4, 0.5) is 4.79 Å². The minimum absolute atomic E-state index is 0.00725. The van der Waals surface area contributed by atoms with Crippen molar-refractivity contribution in [2.45, 2.75) is 79.9 Å². The van der Waals surface area contributed by atoms with Crippen LogP contribution in [0.5, 0.6) is 0 Å². The predicted octanol–water partition coefficient (Wildman–Crippen LogP) is 4.20. The van der Waals surface area contributed by atoms with Crippen LogP contribution in [0.1, 0.15) is 73.6 Å². The molecular formula is C20H37NO6. The smallest absolute Gasteiger partial charge is 0.410 e. The number of carboxylic acids is 1. The fraction of sp³-hybridized carbons (Fsp3) is 0.850. The zero-order chi connectivity index (χ0) is 21.0. The molecule has 0 spiro atoms. The molecule has 0 aliphatic heterocycles. The minimum Gasteiger partial charge on any atom is -0.481 e. The molecule has 0 aromatic rings. The third-order valence-electron chi connectivity index (χ3n) is 4.26. The van der Waals surface area contributed by atoms with Crippen LogP contribution in [0.2, 0.25) is 0 Å². The molecule has 0 fully saturated rings. The van der Waals surface area contributed by atoms with Crippen LogP contribution >= 0.6 is 0 Å². The normalized spacial score (nSPS) is 14.5. The molecule has 0 aliphatic rings. The van der Waals surface area contributed by atoms with Crippen LogP contribution in [-0.4, -0.2) is 36.0 Å². The monoisotopic (exact) mass is 387 g/mol. The molecule has 27 heavy (non-hydrogen) atoms. The van der Waals surface area contributed by atoms with Crippen LogP contribution in [0.3, 0.4) is 0 Å². The van der Waals surface area contributed by atoms with Crippen molar-refractivity contribution in [1.29, 1.82) is 0 Å². The quantitative estimate of drug-likeness (QED) is 0.363. The number of unbranched alkanes of at least 4 members (excludes halogenated alkanes) is 1. The number of carbonyl (C=O) groups excluding carboxylic acids is 2. The zero-order valence-corrected chi connectivity index (χ0v) is 17.6. The van der Waals surface area contributed by atoms with Gasteiger partial charge in [0.25, 0.3) is 6.29 Å². The molecule has 0 radical (unpaired) electrons. The van der Waals surface area contributed by atoms with Gasteiger partial charge in [0.15, 0.2) is 0 Å². The van der Waals surface area contributed by atoms with E-state index < -0.39 is 24.3 Å². The minimum atomic E-state index is -0.971. The van der Waals surface area contributed by atoms with Gasteiger partial charge in [-0.15, -0.1) is 0 Å². The van der Waals surface area contributed by atoms with Crippen LogP contribution in [0.15, 0.2) is 0 Å². The lowest BCUT2D eigenvalue weighted by Gasteiger charge is -2.24. The van der Waals surface area contributed by atoms with Gasteiger partial charge in [-0.3, -0.25) is 9.59 Å². The van der Waals surface area contributed by atoms with Gasteiger partial charge in [0.2, 0.25) is 0 Å². The third kappa shape index (κ3) is 12.3. The molecule has 0 aromatic heterocycles. The molecule has 7 heteroatoms. The standard InChI is InChI=1S/C20H37NO6/c1-7-8-9-15(6)10-16(11-17(22)23)12-21-20(25)27-19(14(4)5)26-18(24)13(2)3/h13-16,19H,7-12H2,1-6H3,(H,21,25)(H,22,23)/t15-,16+,19-/m1/s1. The van der Waals surface area contributed by atoms with E-state index in [4.69, 9.17) is 14.6 Å². The highest BCUT2D eigenvalue weighted by molar-refractivity contribution is 5.72. The lowest BCUT2D eigenvalue weighted by Crippen LogP contribution is -2.37.